The van der Waals surface area contributed by atoms with Gasteiger partial charge in [-0.15, -0.1) is 0 Å². The number of hydrogen-bond acceptors (Lipinski definition) is 4. The van der Waals surface area contributed by atoms with Gasteiger partial charge < -0.3 is 15.7 Å². The van der Waals surface area contributed by atoms with Gasteiger partial charge in [0.25, 0.3) is 0 Å². The minimum absolute atomic E-state index is 0.00430. The molecule has 18 heavy (non-hydrogen) atoms. The first-order chi connectivity index (χ1) is 8.56. The predicted octanol–water partition coefficient (Wildman–Crippen LogP) is 0.852. The third kappa shape index (κ3) is 3.43. The molecule has 0 spiro atoms. The van der Waals surface area contributed by atoms with Crippen molar-refractivity contribution < 1.29 is 9.90 Å². The molecule has 98 valence electrons. The average Bonchev–Trinajstić information content (AvgIpc) is 3.13. The number of aromatic hydroxyl groups is 1. The lowest BCUT2D eigenvalue weighted by Crippen LogP contribution is -2.42. The zero-order chi connectivity index (χ0) is 13.1. The van der Waals surface area contributed by atoms with E-state index in [1.807, 2.05) is 13.8 Å². The van der Waals surface area contributed by atoms with E-state index in [0.29, 0.717) is 18.3 Å². The Kier molecular flexibility index (Phi) is 3.81. The van der Waals surface area contributed by atoms with Gasteiger partial charge in [0.2, 0.25) is 5.91 Å². The molecule has 1 saturated carbocycles. The average molecular weight is 249 g/mol. The first-order valence-corrected chi connectivity index (χ1v) is 6.25. The standard InChI is InChI=1S/C13H19N3O2/c1-8-3-6-12(17)11(15-8)7-14-9(2)13(18)16-10-4-5-10/h3,6,9-10,14,17H,4-5,7H2,1-2H3,(H,16,18). The van der Waals surface area contributed by atoms with Crippen LogP contribution in [-0.4, -0.2) is 28.1 Å². The molecule has 0 aromatic carbocycles. The largest absolute Gasteiger partial charge is 0.506 e. The molecule has 0 aliphatic heterocycles. The maximum absolute atomic E-state index is 11.7. The topological polar surface area (TPSA) is 74.2 Å². The zero-order valence-electron chi connectivity index (χ0n) is 10.7. The van der Waals surface area contributed by atoms with Crippen LogP contribution in [0.4, 0.5) is 0 Å². The molecule has 5 heteroatoms. The molecule has 1 aliphatic rings. The molecule has 1 aromatic heterocycles. The number of aryl methyl sites for hydroxylation is 1. The highest BCUT2D eigenvalue weighted by Gasteiger charge is 2.25. The highest BCUT2D eigenvalue weighted by atomic mass is 16.3. The number of carbonyl (C=O) groups is 1. The van der Waals surface area contributed by atoms with Crippen LogP contribution in [0.5, 0.6) is 5.75 Å². The Balaban J connectivity index is 1.85. The first-order valence-electron chi connectivity index (χ1n) is 6.25. The smallest absolute Gasteiger partial charge is 0.237 e. The van der Waals surface area contributed by atoms with Crippen LogP contribution in [0.15, 0.2) is 12.1 Å². The fourth-order valence-electron chi connectivity index (χ4n) is 1.63. The van der Waals surface area contributed by atoms with Gasteiger partial charge in [0.1, 0.15) is 5.75 Å². The Bertz CT molecular complexity index is 444. The second kappa shape index (κ2) is 5.35. The second-order valence-corrected chi connectivity index (χ2v) is 4.80. The van der Waals surface area contributed by atoms with Gasteiger partial charge in [-0.3, -0.25) is 9.78 Å². The number of aromatic nitrogens is 1. The Morgan fingerprint density at radius 1 is 1.56 bits per heavy atom. The number of carbonyl (C=O) groups excluding carboxylic acids is 1. The number of hydrogen-bond donors (Lipinski definition) is 3. The van der Waals surface area contributed by atoms with Gasteiger partial charge in [0, 0.05) is 18.3 Å². The number of pyridine rings is 1. The Hall–Kier alpha value is -1.62. The van der Waals surface area contributed by atoms with E-state index in [4.69, 9.17) is 0 Å². The fourth-order valence-corrected chi connectivity index (χ4v) is 1.63. The fraction of sp³-hybridized carbons (Fsp3) is 0.538. The lowest BCUT2D eigenvalue weighted by atomic mass is 10.2. The van der Waals surface area contributed by atoms with Crippen molar-refractivity contribution in [2.24, 2.45) is 0 Å². The quantitative estimate of drug-likeness (QED) is 0.723. The van der Waals surface area contributed by atoms with Crippen molar-refractivity contribution in [1.29, 1.82) is 0 Å². The van der Waals surface area contributed by atoms with E-state index in [9.17, 15) is 9.90 Å². The molecular weight excluding hydrogens is 230 g/mol. The molecular formula is C13H19N3O2. The van der Waals surface area contributed by atoms with E-state index in [2.05, 4.69) is 15.6 Å². The van der Waals surface area contributed by atoms with Crippen molar-refractivity contribution in [1.82, 2.24) is 15.6 Å². The first kappa shape index (κ1) is 12.8. The van der Waals surface area contributed by atoms with Gasteiger partial charge in [0.05, 0.1) is 11.7 Å². The Morgan fingerprint density at radius 3 is 2.94 bits per heavy atom. The summed E-state index contributed by atoms with van der Waals surface area (Å²) < 4.78 is 0. The molecule has 1 amide bonds. The van der Waals surface area contributed by atoms with Crippen molar-refractivity contribution in [3.8, 4) is 5.75 Å². The summed E-state index contributed by atoms with van der Waals surface area (Å²) in [4.78, 5) is 15.9. The zero-order valence-corrected chi connectivity index (χ0v) is 10.7. The summed E-state index contributed by atoms with van der Waals surface area (Å²) in [6.45, 7) is 4.06. The Labute approximate surface area is 107 Å². The molecule has 1 heterocycles. The summed E-state index contributed by atoms with van der Waals surface area (Å²) in [5, 5.41) is 15.6. The molecule has 2 rings (SSSR count). The van der Waals surface area contributed by atoms with Crippen LogP contribution < -0.4 is 10.6 Å². The molecule has 5 nitrogen and oxygen atoms in total. The minimum Gasteiger partial charge on any atom is -0.506 e. The molecule has 0 radical (unpaired) electrons. The molecule has 0 bridgehead atoms. The molecule has 1 atom stereocenters. The van der Waals surface area contributed by atoms with Crippen LogP contribution in [0.3, 0.4) is 0 Å². The number of nitrogens with zero attached hydrogens (tertiary/aromatic N) is 1. The summed E-state index contributed by atoms with van der Waals surface area (Å²) in [5.74, 6) is 0.160. The molecule has 1 unspecified atom stereocenters. The molecule has 1 aliphatic carbocycles. The van der Waals surface area contributed by atoms with Gasteiger partial charge in [-0.1, -0.05) is 0 Å². The van der Waals surface area contributed by atoms with Crippen LogP contribution in [0, 0.1) is 6.92 Å². The number of nitrogens with one attached hydrogen (secondary N) is 2. The molecule has 1 fully saturated rings. The SMILES string of the molecule is Cc1ccc(O)c(CNC(C)C(=O)NC2CC2)n1. The van der Waals surface area contributed by atoms with Gasteiger partial charge in [0.15, 0.2) is 0 Å². The number of rotatable bonds is 5. The summed E-state index contributed by atoms with van der Waals surface area (Å²) >= 11 is 0. The van der Waals surface area contributed by atoms with Gasteiger partial charge in [-0.05, 0) is 38.8 Å². The second-order valence-electron chi connectivity index (χ2n) is 4.80. The van der Waals surface area contributed by atoms with Crippen molar-refractivity contribution >= 4 is 5.91 Å². The summed E-state index contributed by atoms with van der Waals surface area (Å²) in [6, 6.07) is 3.45. The van der Waals surface area contributed by atoms with Crippen LogP contribution in [0.2, 0.25) is 0 Å². The molecule has 1 aromatic rings. The minimum atomic E-state index is -0.285. The predicted molar refractivity (Wildman–Crippen MR) is 68.1 cm³/mol. The van der Waals surface area contributed by atoms with Crippen molar-refractivity contribution in [3.05, 3.63) is 23.5 Å². The van der Waals surface area contributed by atoms with Crippen LogP contribution in [0.1, 0.15) is 31.2 Å². The highest BCUT2D eigenvalue weighted by molar-refractivity contribution is 5.81. The third-order valence-corrected chi connectivity index (χ3v) is 2.98. The van der Waals surface area contributed by atoms with Crippen molar-refractivity contribution in [2.75, 3.05) is 0 Å². The highest BCUT2D eigenvalue weighted by Crippen LogP contribution is 2.18. The van der Waals surface area contributed by atoms with E-state index in [-0.39, 0.29) is 17.7 Å². The van der Waals surface area contributed by atoms with E-state index in [1.54, 1.807) is 12.1 Å². The van der Waals surface area contributed by atoms with E-state index < -0.39 is 0 Å². The normalized spacial score (nSPS) is 16.3. The molecule has 3 N–H and O–H groups in total. The maximum Gasteiger partial charge on any atom is 0.237 e. The summed E-state index contributed by atoms with van der Waals surface area (Å²) in [6.07, 6.45) is 2.16. The Morgan fingerprint density at radius 2 is 2.28 bits per heavy atom. The monoisotopic (exact) mass is 249 g/mol. The van der Waals surface area contributed by atoms with Crippen molar-refractivity contribution in [3.63, 3.8) is 0 Å². The summed E-state index contributed by atoms with van der Waals surface area (Å²) in [7, 11) is 0. The lowest BCUT2D eigenvalue weighted by molar-refractivity contribution is -0.122. The van der Waals surface area contributed by atoms with E-state index in [0.717, 1.165) is 18.5 Å². The van der Waals surface area contributed by atoms with Crippen molar-refractivity contribution in [2.45, 2.75) is 45.3 Å². The van der Waals surface area contributed by atoms with Gasteiger partial charge >= 0.3 is 0 Å². The van der Waals surface area contributed by atoms with Crippen LogP contribution >= 0.6 is 0 Å². The lowest BCUT2D eigenvalue weighted by Gasteiger charge is -2.14. The van der Waals surface area contributed by atoms with Gasteiger partial charge in [-0.2, -0.15) is 0 Å². The van der Waals surface area contributed by atoms with E-state index >= 15 is 0 Å². The maximum atomic E-state index is 11.7. The van der Waals surface area contributed by atoms with Crippen LogP contribution in [0.25, 0.3) is 0 Å². The van der Waals surface area contributed by atoms with Gasteiger partial charge in [-0.25, -0.2) is 0 Å². The third-order valence-electron chi connectivity index (χ3n) is 2.98. The number of amides is 1. The van der Waals surface area contributed by atoms with Crippen LogP contribution in [-0.2, 0) is 11.3 Å². The van der Waals surface area contributed by atoms with E-state index in [1.165, 1.54) is 0 Å². The molecule has 0 saturated heterocycles. The summed E-state index contributed by atoms with van der Waals surface area (Å²) in [5.41, 5.74) is 1.42.